The number of nitrogens with one attached hydrogen (secondary N) is 3. The highest BCUT2D eigenvalue weighted by atomic mass is 79.9. The fourth-order valence-electron chi connectivity index (χ4n) is 1.23. The minimum atomic E-state index is -0.312. The third-order valence-electron chi connectivity index (χ3n) is 2.10. The highest BCUT2D eigenvalue weighted by molar-refractivity contribution is 9.10. The number of halogens is 1. The van der Waals surface area contributed by atoms with Crippen LogP contribution in [0, 0.1) is 6.92 Å². The third kappa shape index (κ3) is 5.89. The topological polar surface area (TPSA) is 62.4 Å². The van der Waals surface area contributed by atoms with Gasteiger partial charge in [0.25, 0.3) is 5.91 Å². The molecule has 0 spiro atoms. The van der Waals surface area contributed by atoms with Gasteiger partial charge in [-0.1, -0.05) is 6.07 Å². The van der Waals surface area contributed by atoms with E-state index in [9.17, 15) is 4.79 Å². The molecule has 0 aliphatic heterocycles. The first-order chi connectivity index (χ1) is 9.02. The summed E-state index contributed by atoms with van der Waals surface area (Å²) in [6.45, 7) is 4.48. The fourth-order valence-corrected chi connectivity index (χ4v) is 2.04. The molecule has 19 heavy (non-hydrogen) atoms. The van der Waals surface area contributed by atoms with Crippen molar-refractivity contribution in [1.29, 1.82) is 0 Å². The molecule has 0 heterocycles. The van der Waals surface area contributed by atoms with Crippen LogP contribution in [0.1, 0.15) is 12.5 Å². The lowest BCUT2D eigenvalue weighted by Gasteiger charge is -2.11. The molecule has 1 aromatic carbocycles. The maximum atomic E-state index is 11.5. The van der Waals surface area contributed by atoms with E-state index >= 15 is 0 Å². The summed E-state index contributed by atoms with van der Waals surface area (Å²) in [4.78, 5) is 11.5. The molecule has 0 aromatic heterocycles. The Balaban J connectivity index is 2.36. The van der Waals surface area contributed by atoms with Crippen molar-refractivity contribution in [3.05, 3.63) is 28.2 Å². The van der Waals surface area contributed by atoms with E-state index in [0.717, 1.165) is 10.0 Å². The maximum absolute atomic E-state index is 11.5. The zero-order chi connectivity index (χ0) is 14.3. The summed E-state index contributed by atoms with van der Waals surface area (Å²) < 4.78 is 6.20. The van der Waals surface area contributed by atoms with Crippen LogP contribution in [0.2, 0.25) is 0 Å². The van der Waals surface area contributed by atoms with Gasteiger partial charge in [-0.25, -0.2) is 0 Å². The molecule has 0 unspecified atom stereocenters. The van der Waals surface area contributed by atoms with Crippen LogP contribution in [0.25, 0.3) is 0 Å². The fraction of sp³-hybridized carbons (Fsp3) is 0.333. The van der Waals surface area contributed by atoms with Gasteiger partial charge in [0.05, 0.1) is 4.47 Å². The van der Waals surface area contributed by atoms with Gasteiger partial charge in [0, 0.05) is 6.54 Å². The van der Waals surface area contributed by atoms with E-state index in [1.807, 2.05) is 32.0 Å². The van der Waals surface area contributed by atoms with Gasteiger partial charge in [0.15, 0.2) is 11.7 Å². The number of amides is 1. The first-order valence-corrected chi connectivity index (χ1v) is 6.94. The summed E-state index contributed by atoms with van der Waals surface area (Å²) in [6, 6.07) is 5.64. The van der Waals surface area contributed by atoms with E-state index < -0.39 is 0 Å². The average Bonchev–Trinajstić information content (AvgIpc) is 2.35. The largest absolute Gasteiger partial charge is 0.483 e. The van der Waals surface area contributed by atoms with Gasteiger partial charge in [-0.05, 0) is 59.7 Å². The minimum Gasteiger partial charge on any atom is -0.483 e. The van der Waals surface area contributed by atoms with E-state index in [2.05, 4.69) is 32.1 Å². The van der Waals surface area contributed by atoms with Gasteiger partial charge in [-0.2, -0.15) is 0 Å². The van der Waals surface area contributed by atoms with Crippen molar-refractivity contribution in [2.24, 2.45) is 0 Å². The van der Waals surface area contributed by atoms with Gasteiger partial charge in [-0.15, -0.1) is 0 Å². The number of ether oxygens (including phenoxy) is 1. The molecule has 0 atom stereocenters. The summed E-state index contributed by atoms with van der Waals surface area (Å²) in [5, 5.41) is 3.22. The Morgan fingerprint density at radius 1 is 1.42 bits per heavy atom. The molecule has 0 saturated carbocycles. The van der Waals surface area contributed by atoms with E-state index in [0.29, 0.717) is 17.4 Å². The molecule has 0 bridgehead atoms. The van der Waals surface area contributed by atoms with Gasteiger partial charge in [0.2, 0.25) is 0 Å². The number of benzene rings is 1. The number of hydrogen-bond acceptors (Lipinski definition) is 3. The molecule has 0 saturated heterocycles. The smallest absolute Gasteiger partial charge is 0.276 e. The van der Waals surface area contributed by atoms with E-state index in [4.69, 9.17) is 17.0 Å². The van der Waals surface area contributed by atoms with Crippen LogP contribution in [0.3, 0.4) is 0 Å². The molecule has 1 amide bonds. The monoisotopic (exact) mass is 345 g/mol. The van der Waals surface area contributed by atoms with Crippen LogP contribution >= 0.6 is 28.1 Å². The molecule has 0 radical (unpaired) electrons. The van der Waals surface area contributed by atoms with Crippen molar-refractivity contribution in [3.8, 4) is 5.75 Å². The average molecular weight is 346 g/mol. The lowest BCUT2D eigenvalue weighted by atomic mass is 10.2. The number of rotatable bonds is 4. The summed E-state index contributed by atoms with van der Waals surface area (Å²) in [6.07, 6.45) is 0. The van der Waals surface area contributed by atoms with Crippen molar-refractivity contribution in [2.75, 3.05) is 13.2 Å². The molecule has 5 nitrogen and oxygen atoms in total. The second-order valence-corrected chi connectivity index (χ2v) is 5.02. The Bertz CT molecular complexity index is 468. The maximum Gasteiger partial charge on any atom is 0.276 e. The SMILES string of the molecule is CCNC(=S)NNC(=O)COc1ccc(C)cc1Br. The molecule has 0 fully saturated rings. The number of hydrogen-bond donors (Lipinski definition) is 3. The van der Waals surface area contributed by atoms with Crippen LogP contribution in [0.5, 0.6) is 5.75 Å². The molecular formula is C12H16BrN3O2S. The highest BCUT2D eigenvalue weighted by Gasteiger charge is 2.05. The van der Waals surface area contributed by atoms with Crippen LogP contribution < -0.4 is 20.9 Å². The predicted molar refractivity (Wildman–Crippen MR) is 81.9 cm³/mol. The second kappa shape index (κ2) is 7.96. The van der Waals surface area contributed by atoms with Crippen LogP contribution in [-0.2, 0) is 4.79 Å². The number of carbonyl (C=O) groups excluding carboxylic acids is 1. The molecule has 0 aliphatic carbocycles. The first-order valence-electron chi connectivity index (χ1n) is 5.74. The Hall–Kier alpha value is -1.34. The molecule has 3 N–H and O–H groups in total. The van der Waals surface area contributed by atoms with Gasteiger partial charge in [0.1, 0.15) is 5.75 Å². The summed E-state index contributed by atoms with van der Waals surface area (Å²) in [5.74, 6) is 0.308. The minimum absolute atomic E-state index is 0.0938. The van der Waals surface area contributed by atoms with Crippen molar-refractivity contribution in [2.45, 2.75) is 13.8 Å². The number of thiocarbonyl (C=S) groups is 1. The summed E-state index contributed by atoms with van der Waals surface area (Å²) in [5.41, 5.74) is 6.12. The Kier molecular flexibility index (Phi) is 6.58. The number of carbonyl (C=O) groups is 1. The standard InChI is InChI=1S/C12H16BrN3O2S/c1-3-14-12(19)16-15-11(17)7-18-10-5-4-8(2)6-9(10)13/h4-6H,3,7H2,1-2H3,(H,15,17)(H2,14,16,19). The van der Waals surface area contributed by atoms with Crippen molar-refractivity contribution in [3.63, 3.8) is 0 Å². The van der Waals surface area contributed by atoms with Crippen LogP contribution in [-0.4, -0.2) is 24.2 Å². The van der Waals surface area contributed by atoms with Crippen molar-refractivity contribution >= 4 is 39.2 Å². The van der Waals surface area contributed by atoms with Crippen LogP contribution in [0.15, 0.2) is 22.7 Å². The summed E-state index contributed by atoms with van der Waals surface area (Å²) in [7, 11) is 0. The van der Waals surface area contributed by atoms with Crippen LogP contribution in [0.4, 0.5) is 0 Å². The first kappa shape index (κ1) is 15.7. The van der Waals surface area contributed by atoms with E-state index in [-0.39, 0.29) is 12.5 Å². The van der Waals surface area contributed by atoms with Gasteiger partial charge >= 0.3 is 0 Å². The number of hydrazine groups is 1. The normalized spacial score (nSPS) is 9.63. The predicted octanol–water partition coefficient (Wildman–Crippen LogP) is 1.65. The molecule has 1 aromatic rings. The summed E-state index contributed by atoms with van der Waals surface area (Å²) >= 11 is 8.28. The zero-order valence-corrected chi connectivity index (χ0v) is 13.2. The lowest BCUT2D eigenvalue weighted by Crippen LogP contribution is -2.48. The second-order valence-electron chi connectivity index (χ2n) is 3.76. The van der Waals surface area contributed by atoms with Crippen molar-refractivity contribution in [1.82, 2.24) is 16.2 Å². The van der Waals surface area contributed by atoms with E-state index in [1.54, 1.807) is 0 Å². The third-order valence-corrected chi connectivity index (χ3v) is 2.97. The highest BCUT2D eigenvalue weighted by Crippen LogP contribution is 2.25. The molecule has 104 valence electrons. The quantitative estimate of drug-likeness (QED) is 0.572. The zero-order valence-electron chi connectivity index (χ0n) is 10.7. The Morgan fingerprint density at radius 2 is 2.16 bits per heavy atom. The van der Waals surface area contributed by atoms with Crippen molar-refractivity contribution < 1.29 is 9.53 Å². The number of aryl methyl sites for hydroxylation is 1. The Morgan fingerprint density at radius 3 is 2.79 bits per heavy atom. The van der Waals surface area contributed by atoms with Gasteiger partial charge in [-0.3, -0.25) is 15.6 Å². The Labute approximate surface area is 126 Å². The lowest BCUT2D eigenvalue weighted by molar-refractivity contribution is -0.123. The molecule has 0 aliphatic rings. The van der Waals surface area contributed by atoms with E-state index in [1.165, 1.54) is 0 Å². The molecule has 1 rings (SSSR count). The van der Waals surface area contributed by atoms with Gasteiger partial charge < -0.3 is 10.1 Å². The molecule has 7 heteroatoms. The molecular weight excluding hydrogens is 330 g/mol.